The Kier molecular flexibility index (Phi) is 4.93. The lowest BCUT2D eigenvalue weighted by atomic mass is 10.1. The maximum atomic E-state index is 12.6. The van der Waals surface area contributed by atoms with Crippen LogP contribution >= 0.6 is 0 Å². The van der Waals surface area contributed by atoms with Gasteiger partial charge in [0.15, 0.2) is 0 Å². The van der Waals surface area contributed by atoms with E-state index >= 15 is 0 Å². The molecule has 2 aromatic rings. The van der Waals surface area contributed by atoms with Crippen LogP contribution in [0.15, 0.2) is 42.5 Å². The lowest BCUT2D eigenvalue weighted by Gasteiger charge is -2.13. The molecule has 0 spiro atoms. The van der Waals surface area contributed by atoms with E-state index in [-0.39, 0.29) is 12.2 Å². The fourth-order valence-electron chi connectivity index (χ4n) is 2.24. The standard InChI is InChI=1S/C17H17F3N2O/c1-11-5-3-6-12(2)16(11)21-10-15(23)22-14-8-4-7-13(9-14)17(18,19)20/h3-9,21H,10H2,1-2H3,(H,22,23). The minimum Gasteiger partial charge on any atom is -0.376 e. The van der Waals surface area contributed by atoms with Crippen molar-refractivity contribution >= 4 is 17.3 Å². The summed E-state index contributed by atoms with van der Waals surface area (Å²) in [5.74, 6) is -0.410. The van der Waals surface area contributed by atoms with Crippen molar-refractivity contribution in [1.82, 2.24) is 0 Å². The molecular formula is C17H17F3N2O. The first kappa shape index (κ1) is 16.9. The van der Waals surface area contributed by atoms with Gasteiger partial charge in [0.05, 0.1) is 12.1 Å². The van der Waals surface area contributed by atoms with Gasteiger partial charge in [0, 0.05) is 11.4 Å². The van der Waals surface area contributed by atoms with Gasteiger partial charge in [-0.25, -0.2) is 0 Å². The predicted molar refractivity (Wildman–Crippen MR) is 84.5 cm³/mol. The van der Waals surface area contributed by atoms with Crippen molar-refractivity contribution in [2.75, 3.05) is 17.2 Å². The second kappa shape index (κ2) is 6.73. The average molecular weight is 322 g/mol. The molecule has 0 saturated heterocycles. The van der Waals surface area contributed by atoms with Crippen LogP contribution < -0.4 is 10.6 Å². The van der Waals surface area contributed by atoms with Gasteiger partial charge in [0.2, 0.25) is 5.91 Å². The van der Waals surface area contributed by atoms with Crippen LogP contribution in [0.2, 0.25) is 0 Å². The number of amides is 1. The Morgan fingerprint density at radius 2 is 1.65 bits per heavy atom. The van der Waals surface area contributed by atoms with Crippen LogP contribution in [0.5, 0.6) is 0 Å². The predicted octanol–water partition coefficient (Wildman–Crippen LogP) is 4.37. The average Bonchev–Trinajstić information content (AvgIpc) is 2.46. The molecule has 0 radical (unpaired) electrons. The van der Waals surface area contributed by atoms with E-state index in [1.807, 2.05) is 32.0 Å². The van der Waals surface area contributed by atoms with Crippen LogP contribution in [0.3, 0.4) is 0 Å². The Labute approximate surface area is 132 Å². The van der Waals surface area contributed by atoms with Gasteiger partial charge in [-0.05, 0) is 43.2 Å². The Bertz CT molecular complexity index is 691. The third-order valence-corrected chi connectivity index (χ3v) is 3.38. The molecule has 23 heavy (non-hydrogen) atoms. The number of para-hydroxylation sites is 1. The van der Waals surface area contributed by atoms with Crippen LogP contribution in [0.1, 0.15) is 16.7 Å². The zero-order chi connectivity index (χ0) is 17.0. The van der Waals surface area contributed by atoms with Crippen LogP contribution in [-0.2, 0) is 11.0 Å². The molecule has 0 unspecified atom stereocenters. The van der Waals surface area contributed by atoms with E-state index in [4.69, 9.17) is 0 Å². The number of hydrogen-bond acceptors (Lipinski definition) is 2. The highest BCUT2D eigenvalue weighted by Crippen LogP contribution is 2.30. The smallest absolute Gasteiger partial charge is 0.376 e. The van der Waals surface area contributed by atoms with E-state index in [9.17, 15) is 18.0 Å². The van der Waals surface area contributed by atoms with Crippen molar-refractivity contribution in [3.8, 4) is 0 Å². The number of alkyl halides is 3. The number of nitrogens with one attached hydrogen (secondary N) is 2. The summed E-state index contributed by atoms with van der Waals surface area (Å²) in [6.45, 7) is 3.81. The Morgan fingerprint density at radius 1 is 1.04 bits per heavy atom. The highest BCUT2D eigenvalue weighted by Gasteiger charge is 2.30. The second-order valence-electron chi connectivity index (χ2n) is 5.25. The van der Waals surface area contributed by atoms with Gasteiger partial charge in [0.25, 0.3) is 0 Å². The first-order valence-corrected chi connectivity index (χ1v) is 7.04. The lowest BCUT2D eigenvalue weighted by molar-refractivity contribution is -0.137. The van der Waals surface area contributed by atoms with Gasteiger partial charge < -0.3 is 10.6 Å². The number of hydrogen-bond donors (Lipinski definition) is 2. The normalized spacial score (nSPS) is 11.2. The molecule has 0 aliphatic carbocycles. The van der Waals surface area contributed by atoms with Gasteiger partial charge in [0.1, 0.15) is 0 Å². The minimum atomic E-state index is -4.43. The van der Waals surface area contributed by atoms with Gasteiger partial charge in [-0.3, -0.25) is 4.79 Å². The Hall–Kier alpha value is -2.50. The first-order chi connectivity index (χ1) is 10.8. The molecule has 0 aliphatic rings. The largest absolute Gasteiger partial charge is 0.416 e. The summed E-state index contributed by atoms with van der Waals surface area (Å²) in [4.78, 5) is 11.9. The lowest BCUT2D eigenvalue weighted by Crippen LogP contribution is -2.22. The number of rotatable bonds is 4. The van der Waals surface area contributed by atoms with E-state index in [0.717, 1.165) is 28.9 Å². The molecular weight excluding hydrogens is 305 g/mol. The van der Waals surface area contributed by atoms with Crippen molar-refractivity contribution in [3.63, 3.8) is 0 Å². The SMILES string of the molecule is Cc1cccc(C)c1NCC(=O)Nc1cccc(C(F)(F)F)c1. The van der Waals surface area contributed by atoms with Gasteiger partial charge in [-0.1, -0.05) is 24.3 Å². The molecule has 3 nitrogen and oxygen atoms in total. The molecule has 2 rings (SSSR count). The molecule has 1 amide bonds. The van der Waals surface area contributed by atoms with Crippen LogP contribution in [-0.4, -0.2) is 12.5 Å². The molecule has 0 bridgehead atoms. The number of carbonyl (C=O) groups excluding carboxylic acids is 1. The minimum absolute atomic E-state index is 0.0259. The number of halogens is 3. The quantitative estimate of drug-likeness (QED) is 0.877. The third kappa shape index (κ3) is 4.48. The fourth-order valence-corrected chi connectivity index (χ4v) is 2.24. The van der Waals surface area contributed by atoms with Crippen LogP contribution in [0.25, 0.3) is 0 Å². The topological polar surface area (TPSA) is 41.1 Å². The summed E-state index contributed by atoms with van der Waals surface area (Å²) < 4.78 is 37.9. The fraction of sp³-hybridized carbons (Fsp3) is 0.235. The highest BCUT2D eigenvalue weighted by atomic mass is 19.4. The number of anilines is 2. The van der Waals surface area contributed by atoms with Crippen LogP contribution in [0.4, 0.5) is 24.5 Å². The second-order valence-corrected chi connectivity index (χ2v) is 5.25. The summed E-state index contributed by atoms with van der Waals surface area (Å²) in [6, 6.07) is 10.3. The molecule has 122 valence electrons. The number of aryl methyl sites for hydroxylation is 2. The molecule has 2 N–H and O–H groups in total. The molecule has 2 aromatic carbocycles. The van der Waals surface area contributed by atoms with Gasteiger partial charge >= 0.3 is 6.18 Å². The molecule has 0 fully saturated rings. The van der Waals surface area contributed by atoms with Crippen molar-refractivity contribution in [2.45, 2.75) is 20.0 Å². The molecule has 0 aliphatic heterocycles. The molecule has 0 heterocycles. The Morgan fingerprint density at radius 3 is 2.26 bits per heavy atom. The zero-order valence-electron chi connectivity index (χ0n) is 12.8. The third-order valence-electron chi connectivity index (χ3n) is 3.38. The maximum absolute atomic E-state index is 12.6. The van der Waals surface area contributed by atoms with Gasteiger partial charge in [-0.15, -0.1) is 0 Å². The molecule has 6 heteroatoms. The first-order valence-electron chi connectivity index (χ1n) is 7.04. The Balaban J connectivity index is 2.00. The van der Waals surface area contributed by atoms with E-state index in [1.54, 1.807) is 0 Å². The van der Waals surface area contributed by atoms with E-state index in [1.165, 1.54) is 12.1 Å². The monoisotopic (exact) mass is 322 g/mol. The summed E-state index contributed by atoms with van der Waals surface area (Å²) in [7, 11) is 0. The summed E-state index contributed by atoms with van der Waals surface area (Å²) in [6.07, 6.45) is -4.43. The number of carbonyl (C=O) groups is 1. The summed E-state index contributed by atoms with van der Waals surface area (Å²) >= 11 is 0. The van der Waals surface area contributed by atoms with Crippen LogP contribution in [0, 0.1) is 13.8 Å². The van der Waals surface area contributed by atoms with Crippen molar-refractivity contribution < 1.29 is 18.0 Å². The van der Waals surface area contributed by atoms with E-state index in [2.05, 4.69) is 10.6 Å². The molecule has 0 atom stereocenters. The van der Waals surface area contributed by atoms with E-state index in [0.29, 0.717) is 0 Å². The van der Waals surface area contributed by atoms with E-state index < -0.39 is 17.6 Å². The van der Waals surface area contributed by atoms with Crippen molar-refractivity contribution in [2.24, 2.45) is 0 Å². The highest BCUT2D eigenvalue weighted by molar-refractivity contribution is 5.94. The molecule has 0 saturated carbocycles. The van der Waals surface area contributed by atoms with Crippen molar-refractivity contribution in [3.05, 3.63) is 59.2 Å². The number of benzene rings is 2. The summed E-state index contributed by atoms with van der Waals surface area (Å²) in [5.41, 5.74) is 2.17. The van der Waals surface area contributed by atoms with Crippen molar-refractivity contribution in [1.29, 1.82) is 0 Å². The summed E-state index contributed by atoms with van der Waals surface area (Å²) in [5, 5.41) is 5.47. The molecule has 0 aromatic heterocycles. The maximum Gasteiger partial charge on any atom is 0.416 e. The van der Waals surface area contributed by atoms with Gasteiger partial charge in [-0.2, -0.15) is 13.2 Å². The zero-order valence-corrected chi connectivity index (χ0v) is 12.8.